The molecule has 1 unspecified atom stereocenters. The number of rotatable bonds is 9. The lowest BCUT2D eigenvalue weighted by molar-refractivity contribution is 0.0406. The van der Waals surface area contributed by atoms with E-state index < -0.39 is 0 Å². The standard InChI is InChI=1S/C33H36N2O/c1-27-13-11-12-20-31(27)33(30-18-9-4-10-19-30)36-26-25-34-21-23-35(24-22-34)32(28-14-5-2-6-15-28)29-16-7-3-8-17-29/h2-20,32-33H,21-26H2,1H3. The van der Waals surface area contributed by atoms with Crippen molar-refractivity contribution in [3.8, 4) is 0 Å². The van der Waals surface area contributed by atoms with E-state index in [2.05, 4.69) is 132 Å². The van der Waals surface area contributed by atoms with Crippen LogP contribution in [-0.4, -0.2) is 49.1 Å². The third kappa shape index (κ3) is 5.93. The summed E-state index contributed by atoms with van der Waals surface area (Å²) in [5, 5.41) is 0. The van der Waals surface area contributed by atoms with Crippen molar-refractivity contribution in [2.24, 2.45) is 0 Å². The number of piperazine rings is 1. The van der Waals surface area contributed by atoms with Crippen LogP contribution in [0.4, 0.5) is 0 Å². The molecule has 4 aromatic carbocycles. The molecule has 0 saturated carbocycles. The van der Waals surface area contributed by atoms with Crippen LogP contribution in [0, 0.1) is 6.92 Å². The van der Waals surface area contributed by atoms with Crippen molar-refractivity contribution >= 4 is 0 Å². The van der Waals surface area contributed by atoms with Gasteiger partial charge in [-0.15, -0.1) is 0 Å². The highest BCUT2D eigenvalue weighted by Gasteiger charge is 2.26. The van der Waals surface area contributed by atoms with Gasteiger partial charge in [-0.25, -0.2) is 0 Å². The Morgan fingerprint density at radius 2 is 1.11 bits per heavy atom. The van der Waals surface area contributed by atoms with Crippen LogP contribution in [0.25, 0.3) is 0 Å². The van der Waals surface area contributed by atoms with Gasteiger partial charge in [0.25, 0.3) is 0 Å². The number of benzene rings is 4. The molecular formula is C33H36N2O. The minimum Gasteiger partial charge on any atom is -0.367 e. The summed E-state index contributed by atoms with van der Waals surface area (Å²) in [4.78, 5) is 5.17. The van der Waals surface area contributed by atoms with Crippen LogP contribution in [0.3, 0.4) is 0 Å². The molecule has 1 saturated heterocycles. The Morgan fingerprint density at radius 3 is 1.67 bits per heavy atom. The summed E-state index contributed by atoms with van der Waals surface area (Å²) in [7, 11) is 0. The van der Waals surface area contributed by atoms with Gasteiger partial charge in [0.2, 0.25) is 0 Å². The molecule has 0 bridgehead atoms. The topological polar surface area (TPSA) is 15.7 Å². The first-order valence-electron chi connectivity index (χ1n) is 13.1. The van der Waals surface area contributed by atoms with Gasteiger partial charge in [0.05, 0.1) is 12.6 Å². The second-order valence-electron chi connectivity index (χ2n) is 9.62. The second kappa shape index (κ2) is 12.1. The molecule has 1 fully saturated rings. The Kier molecular flexibility index (Phi) is 8.24. The van der Waals surface area contributed by atoms with E-state index in [-0.39, 0.29) is 6.10 Å². The zero-order valence-electron chi connectivity index (χ0n) is 21.2. The number of hydrogen-bond donors (Lipinski definition) is 0. The summed E-state index contributed by atoms with van der Waals surface area (Å²) in [6.07, 6.45) is -0.0331. The Bertz CT molecular complexity index is 1150. The molecule has 0 radical (unpaired) electrons. The summed E-state index contributed by atoms with van der Waals surface area (Å²) in [5.41, 5.74) is 6.47. The van der Waals surface area contributed by atoms with E-state index in [9.17, 15) is 0 Å². The van der Waals surface area contributed by atoms with Crippen molar-refractivity contribution < 1.29 is 4.74 Å². The molecule has 1 atom stereocenters. The number of aryl methyl sites for hydroxylation is 1. The molecule has 184 valence electrons. The molecule has 0 aliphatic carbocycles. The lowest BCUT2D eigenvalue weighted by atomic mass is 9.96. The smallest absolute Gasteiger partial charge is 0.108 e. The molecule has 0 spiro atoms. The predicted octanol–water partition coefficient (Wildman–Crippen LogP) is 6.51. The van der Waals surface area contributed by atoms with Crippen LogP contribution in [0.2, 0.25) is 0 Å². The molecule has 36 heavy (non-hydrogen) atoms. The summed E-state index contributed by atoms with van der Waals surface area (Å²) in [6, 6.07) is 41.3. The van der Waals surface area contributed by atoms with Crippen molar-refractivity contribution in [3.05, 3.63) is 143 Å². The largest absolute Gasteiger partial charge is 0.367 e. The average molecular weight is 477 g/mol. The van der Waals surface area contributed by atoms with Gasteiger partial charge in [0, 0.05) is 32.7 Å². The predicted molar refractivity (Wildman–Crippen MR) is 148 cm³/mol. The first kappa shape index (κ1) is 24.5. The van der Waals surface area contributed by atoms with Gasteiger partial charge in [-0.3, -0.25) is 9.80 Å². The molecule has 5 rings (SSSR count). The minimum absolute atomic E-state index is 0.0331. The molecule has 1 heterocycles. The van der Waals surface area contributed by atoms with Crippen molar-refractivity contribution in [2.45, 2.75) is 19.1 Å². The third-order valence-corrected chi connectivity index (χ3v) is 7.27. The van der Waals surface area contributed by atoms with Crippen LogP contribution in [0.5, 0.6) is 0 Å². The quantitative estimate of drug-likeness (QED) is 0.274. The normalized spacial score (nSPS) is 15.7. The van der Waals surface area contributed by atoms with E-state index in [0.717, 1.165) is 32.7 Å². The average Bonchev–Trinajstić information content (AvgIpc) is 2.94. The summed E-state index contributed by atoms with van der Waals surface area (Å²) in [5.74, 6) is 0. The van der Waals surface area contributed by atoms with Gasteiger partial charge in [-0.1, -0.05) is 115 Å². The fourth-order valence-corrected chi connectivity index (χ4v) is 5.30. The highest BCUT2D eigenvalue weighted by Crippen LogP contribution is 2.30. The zero-order valence-corrected chi connectivity index (χ0v) is 21.2. The lowest BCUT2D eigenvalue weighted by Crippen LogP contribution is -2.48. The monoisotopic (exact) mass is 476 g/mol. The maximum atomic E-state index is 6.56. The lowest BCUT2D eigenvalue weighted by Gasteiger charge is -2.40. The summed E-state index contributed by atoms with van der Waals surface area (Å²) in [6.45, 7) is 8.05. The summed E-state index contributed by atoms with van der Waals surface area (Å²) >= 11 is 0. The highest BCUT2D eigenvalue weighted by molar-refractivity contribution is 5.35. The number of ether oxygens (including phenoxy) is 1. The van der Waals surface area contributed by atoms with E-state index >= 15 is 0 Å². The molecule has 0 aromatic heterocycles. The SMILES string of the molecule is Cc1ccccc1C(OCCN1CCN(C(c2ccccc2)c2ccccc2)CC1)c1ccccc1. The summed E-state index contributed by atoms with van der Waals surface area (Å²) < 4.78 is 6.56. The first-order valence-corrected chi connectivity index (χ1v) is 13.1. The van der Waals surface area contributed by atoms with Crippen molar-refractivity contribution in [1.82, 2.24) is 9.80 Å². The Hall–Kier alpha value is -3.24. The fourth-order valence-electron chi connectivity index (χ4n) is 5.30. The molecular weight excluding hydrogens is 440 g/mol. The maximum absolute atomic E-state index is 6.56. The second-order valence-corrected chi connectivity index (χ2v) is 9.62. The molecule has 1 aliphatic rings. The molecule has 0 amide bonds. The Balaban J connectivity index is 1.21. The Morgan fingerprint density at radius 1 is 0.611 bits per heavy atom. The van der Waals surface area contributed by atoms with Gasteiger partial charge in [0.15, 0.2) is 0 Å². The van der Waals surface area contributed by atoms with Gasteiger partial charge in [0.1, 0.15) is 6.10 Å². The van der Waals surface area contributed by atoms with E-state index in [0.29, 0.717) is 12.6 Å². The molecule has 3 heteroatoms. The van der Waals surface area contributed by atoms with E-state index in [1.807, 2.05) is 0 Å². The van der Waals surface area contributed by atoms with Crippen molar-refractivity contribution in [2.75, 3.05) is 39.3 Å². The van der Waals surface area contributed by atoms with Gasteiger partial charge >= 0.3 is 0 Å². The van der Waals surface area contributed by atoms with Crippen LogP contribution < -0.4 is 0 Å². The van der Waals surface area contributed by atoms with E-state index in [1.165, 1.54) is 27.8 Å². The molecule has 3 nitrogen and oxygen atoms in total. The van der Waals surface area contributed by atoms with Crippen molar-refractivity contribution in [1.29, 1.82) is 0 Å². The Labute approximate surface area is 216 Å². The van der Waals surface area contributed by atoms with Crippen LogP contribution in [0.1, 0.15) is 40.0 Å². The van der Waals surface area contributed by atoms with Gasteiger partial charge in [-0.05, 0) is 34.7 Å². The highest BCUT2D eigenvalue weighted by atomic mass is 16.5. The maximum Gasteiger partial charge on any atom is 0.108 e. The fraction of sp³-hybridized carbons (Fsp3) is 0.273. The molecule has 1 aliphatic heterocycles. The van der Waals surface area contributed by atoms with E-state index in [1.54, 1.807) is 0 Å². The van der Waals surface area contributed by atoms with E-state index in [4.69, 9.17) is 4.74 Å². The van der Waals surface area contributed by atoms with Gasteiger partial charge in [-0.2, -0.15) is 0 Å². The van der Waals surface area contributed by atoms with Crippen LogP contribution in [0.15, 0.2) is 115 Å². The van der Waals surface area contributed by atoms with Gasteiger partial charge < -0.3 is 4.74 Å². The first-order chi connectivity index (χ1) is 17.8. The van der Waals surface area contributed by atoms with Crippen molar-refractivity contribution in [3.63, 3.8) is 0 Å². The molecule has 0 N–H and O–H groups in total. The third-order valence-electron chi connectivity index (χ3n) is 7.27. The number of nitrogens with zero attached hydrogens (tertiary/aromatic N) is 2. The van der Waals surface area contributed by atoms with Crippen LogP contribution in [-0.2, 0) is 4.74 Å². The number of hydrogen-bond acceptors (Lipinski definition) is 3. The zero-order chi connectivity index (χ0) is 24.6. The minimum atomic E-state index is -0.0331. The molecule has 4 aromatic rings. The van der Waals surface area contributed by atoms with Crippen LogP contribution >= 0.6 is 0 Å².